The van der Waals surface area contributed by atoms with E-state index in [1.807, 2.05) is 7.05 Å². The minimum Gasteiger partial charge on any atom is -0.370 e. The van der Waals surface area contributed by atoms with Gasteiger partial charge >= 0.3 is 0 Å². The first-order valence-corrected chi connectivity index (χ1v) is 6.82. The molecular weight excluding hydrogens is 226 g/mol. The van der Waals surface area contributed by atoms with Gasteiger partial charge in [-0.05, 0) is 33.2 Å². The summed E-state index contributed by atoms with van der Waals surface area (Å²) in [5.74, 6) is 1.96. The molecule has 1 aromatic rings. The fraction of sp³-hybridized carbons (Fsp3) is 0.692. The molecule has 2 rings (SSSR count). The molecule has 1 atom stereocenters. The largest absolute Gasteiger partial charge is 0.370 e. The molecule has 1 aromatic heterocycles. The summed E-state index contributed by atoms with van der Waals surface area (Å²) < 4.78 is 0. The van der Waals surface area contributed by atoms with Crippen molar-refractivity contribution < 1.29 is 0 Å². The third-order valence-electron chi connectivity index (χ3n) is 3.37. The van der Waals surface area contributed by atoms with Crippen LogP contribution in [0.15, 0.2) is 12.4 Å². The zero-order valence-corrected chi connectivity index (χ0v) is 11.3. The number of hydrogen-bond acceptors (Lipinski definition) is 5. The maximum Gasteiger partial charge on any atom is 0.134 e. The lowest BCUT2D eigenvalue weighted by Gasteiger charge is -2.36. The monoisotopic (exact) mass is 249 g/mol. The van der Waals surface area contributed by atoms with Gasteiger partial charge in [0.05, 0.1) is 0 Å². The Morgan fingerprint density at radius 1 is 1.39 bits per heavy atom. The van der Waals surface area contributed by atoms with Gasteiger partial charge < -0.3 is 15.5 Å². The van der Waals surface area contributed by atoms with Gasteiger partial charge in [-0.25, -0.2) is 9.97 Å². The smallest absolute Gasteiger partial charge is 0.134 e. The second kappa shape index (κ2) is 6.54. The fourth-order valence-corrected chi connectivity index (χ4v) is 2.53. The molecule has 0 bridgehead atoms. The van der Waals surface area contributed by atoms with E-state index in [2.05, 4.69) is 38.5 Å². The van der Waals surface area contributed by atoms with Crippen LogP contribution in [0.1, 0.15) is 26.2 Å². The molecule has 100 valence electrons. The van der Waals surface area contributed by atoms with Gasteiger partial charge in [-0.3, -0.25) is 0 Å². The molecule has 5 nitrogen and oxygen atoms in total. The number of piperidine rings is 1. The van der Waals surface area contributed by atoms with E-state index in [0.717, 1.165) is 31.3 Å². The molecule has 18 heavy (non-hydrogen) atoms. The Hall–Kier alpha value is -1.36. The van der Waals surface area contributed by atoms with E-state index in [1.165, 1.54) is 19.3 Å². The summed E-state index contributed by atoms with van der Waals surface area (Å²) in [6.45, 7) is 5.07. The number of aromatic nitrogens is 2. The molecular formula is C13H23N5. The Labute approximate surface area is 109 Å². The Morgan fingerprint density at radius 2 is 2.28 bits per heavy atom. The van der Waals surface area contributed by atoms with Gasteiger partial charge in [-0.1, -0.05) is 0 Å². The highest BCUT2D eigenvalue weighted by Crippen LogP contribution is 2.23. The molecule has 1 fully saturated rings. The molecule has 1 unspecified atom stereocenters. The minimum atomic E-state index is 0.549. The molecule has 0 aliphatic carbocycles. The van der Waals surface area contributed by atoms with Crippen molar-refractivity contribution in [3.63, 3.8) is 0 Å². The molecule has 0 radical (unpaired) electrons. The third kappa shape index (κ3) is 3.10. The Morgan fingerprint density at radius 3 is 3.06 bits per heavy atom. The van der Waals surface area contributed by atoms with Crippen molar-refractivity contribution in [2.24, 2.45) is 0 Å². The van der Waals surface area contributed by atoms with Gasteiger partial charge in [0.1, 0.15) is 18.0 Å². The molecule has 0 saturated carbocycles. The van der Waals surface area contributed by atoms with Gasteiger partial charge in [-0.15, -0.1) is 0 Å². The van der Waals surface area contributed by atoms with E-state index in [1.54, 1.807) is 6.33 Å². The average molecular weight is 249 g/mol. The van der Waals surface area contributed by atoms with Crippen LogP contribution in [0.5, 0.6) is 0 Å². The summed E-state index contributed by atoms with van der Waals surface area (Å²) in [7, 11) is 2.01. The highest BCUT2D eigenvalue weighted by Gasteiger charge is 2.23. The highest BCUT2D eigenvalue weighted by atomic mass is 15.2. The predicted octanol–water partition coefficient (Wildman–Crippen LogP) is 1.49. The van der Waals surface area contributed by atoms with Crippen LogP contribution in [0, 0.1) is 0 Å². The summed E-state index contributed by atoms with van der Waals surface area (Å²) >= 11 is 0. The van der Waals surface area contributed by atoms with Crippen molar-refractivity contribution in [3.8, 4) is 0 Å². The Bertz CT molecular complexity index is 366. The zero-order chi connectivity index (χ0) is 12.8. The summed E-state index contributed by atoms with van der Waals surface area (Å²) in [5.41, 5.74) is 0. The number of rotatable bonds is 5. The van der Waals surface area contributed by atoms with Crippen molar-refractivity contribution in [2.45, 2.75) is 32.2 Å². The van der Waals surface area contributed by atoms with Gasteiger partial charge in [0, 0.05) is 31.7 Å². The Kier molecular flexibility index (Phi) is 4.75. The van der Waals surface area contributed by atoms with Gasteiger partial charge in [0.15, 0.2) is 0 Å². The first-order valence-electron chi connectivity index (χ1n) is 6.82. The first-order chi connectivity index (χ1) is 8.85. The maximum absolute atomic E-state index is 4.42. The number of hydrogen-bond donors (Lipinski definition) is 2. The lowest BCUT2D eigenvalue weighted by atomic mass is 10.0. The normalized spacial score (nSPS) is 19.9. The fourth-order valence-electron chi connectivity index (χ4n) is 2.53. The minimum absolute atomic E-state index is 0.549. The van der Waals surface area contributed by atoms with Gasteiger partial charge in [0.25, 0.3) is 0 Å². The van der Waals surface area contributed by atoms with Crippen LogP contribution < -0.4 is 15.5 Å². The van der Waals surface area contributed by atoms with E-state index in [4.69, 9.17) is 0 Å². The maximum atomic E-state index is 4.42. The van der Waals surface area contributed by atoms with Crippen LogP contribution in [0.25, 0.3) is 0 Å². The van der Waals surface area contributed by atoms with Crippen molar-refractivity contribution in [3.05, 3.63) is 12.4 Å². The lowest BCUT2D eigenvalue weighted by molar-refractivity contribution is 0.443. The van der Waals surface area contributed by atoms with Crippen LogP contribution in [-0.2, 0) is 0 Å². The summed E-state index contributed by atoms with van der Waals surface area (Å²) in [6.07, 6.45) is 5.45. The summed E-state index contributed by atoms with van der Waals surface area (Å²) in [4.78, 5) is 11.1. The highest BCUT2D eigenvalue weighted by molar-refractivity contribution is 5.49. The Balaban J connectivity index is 2.14. The van der Waals surface area contributed by atoms with E-state index in [-0.39, 0.29) is 0 Å². The molecule has 2 heterocycles. The SMILES string of the molecule is CCNc1cc(N2CCCCC2CNC)ncn1. The van der Waals surface area contributed by atoms with Crippen molar-refractivity contribution in [2.75, 3.05) is 36.9 Å². The van der Waals surface area contributed by atoms with E-state index in [0.29, 0.717) is 6.04 Å². The van der Waals surface area contributed by atoms with E-state index in [9.17, 15) is 0 Å². The van der Waals surface area contributed by atoms with Crippen molar-refractivity contribution >= 4 is 11.6 Å². The second-order valence-electron chi connectivity index (χ2n) is 4.69. The van der Waals surface area contributed by atoms with Gasteiger partial charge in [0.2, 0.25) is 0 Å². The molecule has 0 aromatic carbocycles. The molecule has 0 spiro atoms. The van der Waals surface area contributed by atoms with E-state index >= 15 is 0 Å². The molecule has 2 N–H and O–H groups in total. The van der Waals surface area contributed by atoms with E-state index < -0.39 is 0 Å². The van der Waals surface area contributed by atoms with Crippen LogP contribution in [0.2, 0.25) is 0 Å². The third-order valence-corrected chi connectivity index (χ3v) is 3.37. The van der Waals surface area contributed by atoms with Crippen LogP contribution in [0.4, 0.5) is 11.6 Å². The van der Waals surface area contributed by atoms with Gasteiger partial charge in [-0.2, -0.15) is 0 Å². The molecule has 1 saturated heterocycles. The number of nitrogens with zero attached hydrogens (tertiary/aromatic N) is 3. The first kappa shape index (κ1) is 13.1. The second-order valence-corrected chi connectivity index (χ2v) is 4.69. The predicted molar refractivity (Wildman–Crippen MR) is 75.1 cm³/mol. The number of nitrogens with one attached hydrogen (secondary N) is 2. The molecule has 1 aliphatic heterocycles. The molecule has 0 amide bonds. The number of likely N-dealkylation sites (N-methyl/N-ethyl adjacent to an activating group) is 1. The van der Waals surface area contributed by atoms with Crippen LogP contribution >= 0.6 is 0 Å². The molecule has 5 heteroatoms. The summed E-state index contributed by atoms with van der Waals surface area (Å²) in [5, 5.41) is 6.52. The zero-order valence-electron chi connectivity index (χ0n) is 11.3. The quantitative estimate of drug-likeness (QED) is 0.828. The summed E-state index contributed by atoms with van der Waals surface area (Å²) in [6, 6.07) is 2.60. The standard InChI is InChI=1S/C13H23N5/c1-3-15-12-8-13(17-10-16-12)18-7-5-4-6-11(18)9-14-2/h8,10-11,14H,3-7,9H2,1-2H3,(H,15,16,17). The van der Waals surface area contributed by atoms with Crippen molar-refractivity contribution in [1.82, 2.24) is 15.3 Å². The average Bonchev–Trinajstić information content (AvgIpc) is 2.40. The van der Waals surface area contributed by atoms with Crippen LogP contribution in [-0.4, -0.2) is 42.7 Å². The van der Waals surface area contributed by atoms with Crippen molar-refractivity contribution in [1.29, 1.82) is 0 Å². The van der Waals surface area contributed by atoms with Crippen LogP contribution in [0.3, 0.4) is 0 Å². The molecule has 1 aliphatic rings. The topological polar surface area (TPSA) is 53.1 Å². The number of anilines is 2. The lowest BCUT2D eigenvalue weighted by Crippen LogP contribution is -2.45.